The molecule has 0 bridgehead atoms. The monoisotopic (exact) mass is 245 g/mol. The van der Waals surface area contributed by atoms with E-state index in [9.17, 15) is 9.90 Å². The van der Waals surface area contributed by atoms with Gasteiger partial charge >= 0.3 is 5.97 Å². The average molecular weight is 245 g/mol. The van der Waals surface area contributed by atoms with Crippen molar-refractivity contribution in [1.82, 2.24) is 14.8 Å². The van der Waals surface area contributed by atoms with Crippen molar-refractivity contribution in [2.45, 2.75) is 26.3 Å². The molecule has 0 radical (unpaired) electrons. The highest BCUT2D eigenvalue weighted by Crippen LogP contribution is 2.28. The molecule has 0 saturated carbocycles. The van der Waals surface area contributed by atoms with Crippen LogP contribution < -0.4 is 0 Å². The van der Waals surface area contributed by atoms with Crippen molar-refractivity contribution in [2.75, 3.05) is 0 Å². The van der Waals surface area contributed by atoms with Crippen molar-refractivity contribution < 1.29 is 9.90 Å². The third-order valence-electron chi connectivity index (χ3n) is 3.20. The van der Waals surface area contributed by atoms with Crippen LogP contribution >= 0.6 is 0 Å². The maximum Gasteiger partial charge on any atom is 0.336 e. The molecule has 0 aliphatic heterocycles. The van der Waals surface area contributed by atoms with E-state index in [0.717, 1.165) is 11.1 Å². The third kappa shape index (κ3) is 1.77. The molecule has 0 aliphatic carbocycles. The fourth-order valence-corrected chi connectivity index (χ4v) is 2.14. The molecular formula is C13H15N3O2. The molecule has 18 heavy (non-hydrogen) atoms. The van der Waals surface area contributed by atoms with E-state index in [4.69, 9.17) is 0 Å². The van der Waals surface area contributed by atoms with E-state index in [1.165, 1.54) is 17.3 Å². The minimum atomic E-state index is -1.24. The number of aryl methyl sites for hydroxylation is 2. The number of aliphatic carboxylic acids is 1. The first-order valence-corrected chi connectivity index (χ1v) is 5.62. The van der Waals surface area contributed by atoms with E-state index in [0.29, 0.717) is 5.56 Å². The van der Waals surface area contributed by atoms with Crippen molar-refractivity contribution in [1.29, 1.82) is 0 Å². The lowest BCUT2D eigenvalue weighted by Gasteiger charge is -2.27. The lowest BCUT2D eigenvalue weighted by molar-refractivity contribution is -0.144. The van der Waals surface area contributed by atoms with Crippen LogP contribution in [-0.2, 0) is 10.3 Å². The Bertz CT molecular complexity index is 578. The van der Waals surface area contributed by atoms with Crippen molar-refractivity contribution in [2.24, 2.45) is 0 Å². The van der Waals surface area contributed by atoms with Gasteiger partial charge in [0.25, 0.3) is 0 Å². The number of rotatable bonds is 3. The molecule has 5 nitrogen and oxygen atoms in total. The van der Waals surface area contributed by atoms with E-state index in [1.807, 2.05) is 32.0 Å². The molecule has 1 unspecified atom stereocenters. The van der Waals surface area contributed by atoms with Gasteiger partial charge in [-0.2, -0.15) is 5.10 Å². The smallest absolute Gasteiger partial charge is 0.336 e. The van der Waals surface area contributed by atoms with Gasteiger partial charge in [0.05, 0.1) is 0 Å². The summed E-state index contributed by atoms with van der Waals surface area (Å²) in [5.41, 5.74) is 1.50. The number of nitrogens with zero attached hydrogens (tertiary/aromatic N) is 3. The Morgan fingerprint density at radius 3 is 2.61 bits per heavy atom. The highest BCUT2D eigenvalue weighted by atomic mass is 16.4. The summed E-state index contributed by atoms with van der Waals surface area (Å²) in [5, 5.41) is 13.5. The zero-order valence-electron chi connectivity index (χ0n) is 10.6. The Hall–Kier alpha value is -2.17. The number of aromatic nitrogens is 3. The number of benzene rings is 1. The SMILES string of the molecule is Cc1ccc(C(C)(C(=O)O)n2cncn2)c(C)c1. The highest BCUT2D eigenvalue weighted by Gasteiger charge is 2.39. The standard InChI is InChI=1S/C13H15N3O2/c1-9-4-5-11(10(2)6-9)13(3,12(17)18)16-8-14-7-15-16/h4-8H,1-3H3,(H,17,18). The first-order valence-electron chi connectivity index (χ1n) is 5.62. The molecule has 2 aromatic rings. The zero-order valence-corrected chi connectivity index (χ0v) is 10.6. The maximum absolute atomic E-state index is 11.7. The normalized spacial score (nSPS) is 14.2. The fourth-order valence-electron chi connectivity index (χ4n) is 2.14. The lowest BCUT2D eigenvalue weighted by atomic mass is 9.88. The maximum atomic E-state index is 11.7. The molecule has 1 atom stereocenters. The number of carboxylic acid groups (broad SMARTS) is 1. The fraction of sp³-hybridized carbons (Fsp3) is 0.308. The quantitative estimate of drug-likeness (QED) is 0.894. The second-order valence-electron chi connectivity index (χ2n) is 4.54. The van der Waals surface area contributed by atoms with Gasteiger partial charge in [0, 0.05) is 0 Å². The van der Waals surface area contributed by atoms with Crippen LogP contribution in [0.15, 0.2) is 30.9 Å². The molecule has 0 fully saturated rings. The van der Waals surface area contributed by atoms with Gasteiger partial charge in [0.15, 0.2) is 5.54 Å². The summed E-state index contributed by atoms with van der Waals surface area (Å²) < 4.78 is 1.37. The number of hydrogen-bond acceptors (Lipinski definition) is 3. The summed E-state index contributed by atoms with van der Waals surface area (Å²) in [4.78, 5) is 15.5. The molecule has 0 spiro atoms. The van der Waals surface area contributed by atoms with Gasteiger partial charge in [-0.15, -0.1) is 0 Å². The Labute approximate surface area is 105 Å². The average Bonchev–Trinajstić information content (AvgIpc) is 2.81. The second kappa shape index (κ2) is 4.25. The van der Waals surface area contributed by atoms with Gasteiger partial charge in [-0.1, -0.05) is 23.8 Å². The number of carbonyl (C=O) groups is 1. The van der Waals surface area contributed by atoms with Crippen molar-refractivity contribution in [3.63, 3.8) is 0 Å². The van der Waals surface area contributed by atoms with Crippen molar-refractivity contribution in [3.8, 4) is 0 Å². The largest absolute Gasteiger partial charge is 0.479 e. The first kappa shape index (κ1) is 12.3. The molecule has 1 N–H and O–H groups in total. The van der Waals surface area contributed by atoms with E-state index in [2.05, 4.69) is 10.1 Å². The molecule has 1 aromatic carbocycles. The van der Waals surface area contributed by atoms with Crippen LogP contribution in [0, 0.1) is 13.8 Å². The van der Waals surface area contributed by atoms with E-state index in [-0.39, 0.29) is 0 Å². The minimum Gasteiger partial charge on any atom is -0.479 e. The predicted octanol–water partition coefficient (Wildman–Crippen LogP) is 1.74. The number of hydrogen-bond donors (Lipinski definition) is 1. The predicted molar refractivity (Wildman–Crippen MR) is 66.3 cm³/mol. The summed E-state index contributed by atoms with van der Waals surface area (Å²) in [6.07, 6.45) is 2.76. The summed E-state index contributed by atoms with van der Waals surface area (Å²) in [7, 11) is 0. The van der Waals surface area contributed by atoms with E-state index >= 15 is 0 Å². The Morgan fingerprint density at radius 1 is 1.39 bits per heavy atom. The molecular weight excluding hydrogens is 230 g/mol. The van der Waals surface area contributed by atoms with E-state index in [1.54, 1.807) is 6.92 Å². The highest BCUT2D eigenvalue weighted by molar-refractivity contribution is 5.81. The van der Waals surface area contributed by atoms with Crippen LogP contribution in [0.2, 0.25) is 0 Å². The van der Waals surface area contributed by atoms with Gasteiger partial charge in [-0.05, 0) is 31.9 Å². The lowest BCUT2D eigenvalue weighted by Crippen LogP contribution is -2.41. The summed E-state index contributed by atoms with van der Waals surface area (Å²) in [6.45, 7) is 5.51. The Balaban J connectivity index is 2.65. The summed E-state index contributed by atoms with van der Waals surface area (Å²) >= 11 is 0. The van der Waals surface area contributed by atoms with Crippen LogP contribution in [0.5, 0.6) is 0 Å². The minimum absolute atomic E-state index is 0.714. The van der Waals surface area contributed by atoms with Gasteiger partial charge in [0.1, 0.15) is 12.7 Å². The van der Waals surface area contributed by atoms with Crippen LogP contribution in [0.4, 0.5) is 0 Å². The van der Waals surface area contributed by atoms with Crippen LogP contribution in [0.1, 0.15) is 23.6 Å². The summed E-state index contributed by atoms with van der Waals surface area (Å²) in [5.74, 6) is -0.958. The zero-order chi connectivity index (χ0) is 13.3. The van der Waals surface area contributed by atoms with Gasteiger partial charge < -0.3 is 5.11 Å². The molecule has 0 aliphatic rings. The van der Waals surface area contributed by atoms with Gasteiger partial charge in [0.2, 0.25) is 0 Å². The molecule has 5 heteroatoms. The Morgan fingerprint density at radius 2 is 2.11 bits per heavy atom. The van der Waals surface area contributed by atoms with Gasteiger partial charge in [-0.25, -0.2) is 14.5 Å². The van der Waals surface area contributed by atoms with Crippen LogP contribution in [0.3, 0.4) is 0 Å². The molecule has 0 saturated heterocycles. The second-order valence-corrected chi connectivity index (χ2v) is 4.54. The first-order chi connectivity index (χ1) is 8.46. The van der Waals surface area contributed by atoms with E-state index < -0.39 is 11.5 Å². The molecule has 1 heterocycles. The molecule has 94 valence electrons. The van der Waals surface area contributed by atoms with Gasteiger partial charge in [-0.3, -0.25) is 0 Å². The third-order valence-corrected chi connectivity index (χ3v) is 3.20. The van der Waals surface area contributed by atoms with Crippen molar-refractivity contribution >= 4 is 5.97 Å². The number of carboxylic acids is 1. The summed E-state index contributed by atoms with van der Waals surface area (Å²) in [6, 6.07) is 5.70. The topological polar surface area (TPSA) is 68.0 Å². The van der Waals surface area contributed by atoms with Crippen molar-refractivity contribution in [3.05, 3.63) is 47.5 Å². The van der Waals surface area contributed by atoms with Crippen LogP contribution in [0.25, 0.3) is 0 Å². The van der Waals surface area contributed by atoms with Crippen LogP contribution in [-0.4, -0.2) is 25.8 Å². The molecule has 2 rings (SSSR count). The molecule has 0 amide bonds. The Kier molecular flexibility index (Phi) is 2.90. The molecule has 1 aromatic heterocycles.